The zero-order chi connectivity index (χ0) is 18.5. The van der Waals surface area contributed by atoms with Crippen LogP contribution in [-0.4, -0.2) is 0 Å². The molecule has 0 amide bonds. The molecule has 0 unspecified atom stereocenters. The van der Waals surface area contributed by atoms with Gasteiger partial charge in [-0.25, -0.2) is 0 Å². The zero-order valence-electron chi connectivity index (χ0n) is 17.7. The summed E-state index contributed by atoms with van der Waals surface area (Å²) in [5.74, 6) is 0. The standard InChI is InChI=1S/C26H45/c1-2-3-4-5-6-7-8-9-10-11-12-13-14-15-16-17-18-20-23-26-24-21-19-22-25-26/h19,21-22,24H,2-18,20,23H2,1H3. The first-order chi connectivity index (χ1) is 12.9. The third kappa shape index (κ3) is 15.5. The Morgan fingerprint density at radius 3 is 1.35 bits per heavy atom. The molecule has 0 heterocycles. The highest BCUT2D eigenvalue weighted by molar-refractivity contribution is 5.12. The summed E-state index contributed by atoms with van der Waals surface area (Å²) in [5.41, 5.74) is 1.38. The Morgan fingerprint density at radius 2 is 0.962 bits per heavy atom. The van der Waals surface area contributed by atoms with Crippen molar-refractivity contribution < 1.29 is 0 Å². The average molecular weight is 358 g/mol. The van der Waals surface area contributed by atoms with Crippen LogP contribution < -0.4 is 0 Å². The molecule has 149 valence electrons. The fraction of sp³-hybridized carbons (Fsp3) is 0.769. The van der Waals surface area contributed by atoms with Crippen LogP contribution in [0.1, 0.15) is 128 Å². The van der Waals surface area contributed by atoms with E-state index in [0.717, 1.165) is 0 Å². The molecule has 1 aromatic rings. The number of aryl methyl sites for hydroxylation is 1. The molecule has 0 nitrogen and oxygen atoms in total. The maximum atomic E-state index is 3.33. The number of rotatable bonds is 19. The summed E-state index contributed by atoms with van der Waals surface area (Å²) in [6.45, 7) is 2.30. The summed E-state index contributed by atoms with van der Waals surface area (Å²) in [4.78, 5) is 0. The fourth-order valence-corrected chi connectivity index (χ4v) is 3.80. The van der Waals surface area contributed by atoms with Gasteiger partial charge in [0.15, 0.2) is 0 Å². The lowest BCUT2D eigenvalue weighted by atomic mass is 10.0. The summed E-state index contributed by atoms with van der Waals surface area (Å²) >= 11 is 0. The fourth-order valence-electron chi connectivity index (χ4n) is 3.80. The van der Waals surface area contributed by atoms with Crippen LogP contribution in [0.25, 0.3) is 0 Å². The van der Waals surface area contributed by atoms with Crippen LogP contribution in [0.4, 0.5) is 0 Å². The molecule has 0 atom stereocenters. The molecule has 1 aromatic carbocycles. The van der Waals surface area contributed by atoms with Gasteiger partial charge in [-0.2, -0.15) is 0 Å². The summed E-state index contributed by atoms with van der Waals surface area (Å²) in [6.07, 6.45) is 27.3. The van der Waals surface area contributed by atoms with Crippen molar-refractivity contribution in [1.29, 1.82) is 0 Å². The number of hydrogen-bond donors (Lipinski definition) is 0. The topological polar surface area (TPSA) is 0 Å². The van der Waals surface area contributed by atoms with Crippen molar-refractivity contribution in [3.63, 3.8) is 0 Å². The summed E-state index contributed by atoms with van der Waals surface area (Å²) in [5, 5.41) is 0. The van der Waals surface area contributed by atoms with Crippen LogP contribution in [0.5, 0.6) is 0 Å². The highest BCUT2D eigenvalue weighted by Gasteiger charge is 1.96. The van der Waals surface area contributed by atoms with Crippen LogP contribution in [0.3, 0.4) is 0 Å². The van der Waals surface area contributed by atoms with Gasteiger partial charge in [-0.15, -0.1) is 0 Å². The number of unbranched alkanes of at least 4 members (excludes halogenated alkanes) is 17. The van der Waals surface area contributed by atoms with Crippen LogP contribution in [0.2, 0.25) is 0 Å². The van der Waals surface area contributed by atoms with Gasteiger partial charge in [-0.1, -0.05) is 140 Å². The second kappa shape index (κ2) is 19.0. The van der Waals surface area contributed by atoms with Crippen molar-refractivity contribution in [1.82, 2.24) is 0 Å². The van der Waals surface area contributed by atoms with E-state index in [9.17, 15) is 0 Å². The highest BCUT2D eigenvalue weighted by atomic mass is 14.0. The van der Waals surface area contributed by atoms with Gasteiger partial charge in [0.05, 0.1) is 0 Å². The van der Waals surface area contributed by atoms with Crippen molar-refractivity contribution in [2.24, 2.45) is 0 Å². The first-order valence-electron chi connectivity index (χ1n) is 11.9. The lowest BCUT2D eigenvalue weighted by Crippen LogP contribution is -1.86. The Kier molecular flexibility index (Phi) is 17.0. The van der Waals surface area contributed by atoms with Gasteiger partial charge in [0.1, 0.15) is 0 Å². The van der Waals surface area contributed by atoms with Crippen LogP contribution in [0, 0.1) is 6.07 Å². The zero-order valence-corrected chi connectivity index (χ0v) is 17.7. The van der Waals surface area contributed by atoms with Crippen LogP contribution in [0.15, 0.2) is 24.3 Å². The van der Waals surface area contributed by atoms with Gasteiger partial charge in [0, 0.05) is 0 Å². The van der Waals surface area contributed by atoms with Gasteiger partial charge in [-0.3, -0.25) is 0 Å². The molecule has 0 aliphatic carbocycles. The van der Waals surface area contributed by atoms with E-state index < -0.39 is 0 Å². The summed E-state index contributed by atoms with van der Waals surface area (Å²) < 4.78 is 0. The van der Waals surface area contributed by atoms with E-state index in [2.05, 4.69) is 31.2 Å². The van der Waals surface area contributed by atoms with E-state index in [0.29, 0.717) is 0 Å². The third-order valence-corrected chi connectivity index (χ3v) is 5.57. The van der Waals surface area contributed by atoms with Gasteiger partial charge in [-0.05, 0) is 24.5 Å². The molecule has 0 aliphatic rings. The van der Waals surface area contributed by atoms with Gasteiger partial charge < -0.3 is 0 Å². The predicted octanol–water partition coefficient (Wildman–Crippen LogP) is 9.07. The van der Waals surface area contributed by atoms with Crippen molar-refractivity contribution in [3.05, 3.63) is 35.9 Å². The molecule has 0 N–H and O–H groups in total. The highest BCUT2D eigenvalue weighted by Crippen LogP contribution is 2.14. The smallest absolute Gasteiger partial charge is 0.0149 e. The van der Waals surface area contributed by atoms with Gasteiger partial charge in [0.25, 0.3) is 0 Å². The molecule has 0 fully saturated rings. The average Bonchev–Trinajstić information content (AvgIpc) is 2.68. The van der Waals surface area contributed by atoms with Crippen molar-refractivity contribution in [3.8, 4) is 0 Å². The predicted molar refractivity (Wildman–Crippen MR) is 118 cm³/mol. The molecule has 1 radical (unpaired) electrons. The Labute approximate surface area is 165 Å². The second-order valence-corrected chi connectivity index (χ2v) is 8.15. The maximum absolute atomic E-state index is 3.33. The number of hydrogen-bond acceptors (Lipinski definition) is 0. The van der Waals surface area contributed by atoms with Gasteiger partial charge >= 0.3 is 0 Å². The van der Waals surface area contributed by atoms with E-state index in [1.807, 2.05) is 6.07 Å². The molecule has 0 saturated heterocycles. The lowest BCUT2D eigenvalue weighted by Gasteiger charge is -2.04. The SMILES string of the molecule is CCCCCCCCCCCCCCCCCCCCc1[c]cccc1. The molecular formula is C26H45. The number of benzene rings is 1. The molecule has 0 spiro atoms. The van der Waals surface area contributed by atoms with Crippen molar-refractivity contribution in [2.75, 3.05) is 0 Å². The second-order valence-electron chi connectivity index (χ2n) is 8.15. The third-order valence-electron chi connectivity index (χ3n) is 5.57. The molecule has 0 saturated carbocycles. The largest absolute Gasteiger partial charge is 0.0654 e. The Hall–Kier alpha value is -0.780. The lowest BCUT2D eigenvalue weighted by molar-refractivity contribution is 0.525. The van der Waals surface area contributed by atoms with Crippen LogP contribution >= 0.6 is 0 Å². The molecule has 0 heteroatoms. The maximum Gasteiger partial charge on any atom is -0.0149 e. The minimum absolute atomic E-state index is 1.21. The summed E-state index contributed by atoms with van der Waals surface area (Å²) in [7, 11) is 0. The van der Waals surface area contributed by atoms with E-state index in [1.54, 1.807) is 0 Å². The molecular weight excluding hydrogens is 312 g/mol. The quantitative estimate of drug-likeness (QED) is 0.217. The molecule has 0 bridgehead atoms. The van der Waals surface area contributed by atoms with E-state index in [1.165, 1.54) is 128 Å². The molecule has 0 aromatic heterocycles. The van der Waals surface area contributed by atoms with Crippen LogP contribution in [-0.2, 0) is 6.42 Å². The minimum atomic E-state index is 1.21. The first kappa shape index (κ1) is 23.3. The van der Waals surface area contributed by atoms with E-state index in [4.69, 9.17) is 0 Å². The Bertz CT molecular complexity index is 367. The Balaban J connectivity index is 1.68. The minimum Gasteiger partial charge on any atom is -0.0654 e. The monoisotopic (exact) mass is 357 g/mol. The van der Waals surface area contributed by atoms with E-state index >= 15 is 0 Å². The van der Waals surface area contributed by atoms with E-state index in [-0.39, 0.29) is 0 Å². The molecule has 1 rings (SSSR count). The van der Waals surface area contributed by atoms with Gasteiger partial charge in [0.2, 0.25) is 0 Å². The Morgan fingerprint density at radius 1 is 0.538 bits per heavy atom. The normalized spacial score (nSPS) is 11.1. The van der Waals surface area contributed by atoms with Crippen molar-refractivity contribution in [2.45, 2.75) is 129 Å². The molecule has 26 heavy (non-hydrogen) atoms. The first-order valence-corrected chi connectivity index (χ1v) is 11.9. The molecule has 0 aliphatic heterocycles. The summed E-state index contributed by atoms with van der Waals surface area (Å²) in [6, 6.07) is 11.7. The van der Waals surface area contributed by atoms with Crippen molar-refractivity contribution >= 4 is 0 Å².